The topological polar surface area (TPSA) is 61.8 Å². The number of benzene rings is 1. The summed E-state index contributed by atoms with van der Waals surface area (Å²) in [7, 11) is 0. The van der Waals surface area contributed by atoms with Crippen LogP contribution in [0.3, 0.4) is 0 Å². The Morgan fingerprint density at radius 1 is 1.25 bits per heavy atom. The van der Waals surface area contributed by atoms with Gasteiger partial charge in [0.15, 0.2) is 5.60 Å². The number of unbranched alkanes of at least 4 members (excludes halogenated alkanes) is 1. The highest BCUT2D eigenvalue weighted by Crippen LogP contribution is 2.37. The van der Waals surface area contributed by atoms with Crippen molar-refractivity contribution in [2.75, 3.05) is 13.2 Å². The molecule has 1 aromatic carbocycles. The predicted molar refractivity (Wildman–Crippen MR) is 89.3 cm³/mol. The van der Waals surface area contributed by atoms with Gasteiger partial charge in [-0.3, -0.25) is 4.79 Å². The van der Waals surface area contributed by atoms with E-state index in [2.05, 4.69) is 0 Å². The van der Waals surface area contributed by atoms with E-state index >= 15 is 0 Å². The van der Waals surface area contributed by atoms with Crippen molar-refractivity contribution in [2.24, 2.45) is 0 Å². The summed E-state index contributed by atoms with van der Waals surface area (Å²) in [4.78, 5) is 25.5. The van der Waals surface area contributed by atoms with E-state index in [1.165, 1.54) is 6.26 Å². The molecule has 1 aromatic rings. The largest absolute Gasteiger partial charge is 0.482 e. The standard InChI is InChI=1S/C19H24O5/c1-3-5-13-23-18(21)16(22-4-2)17(20)19(12-9-14-24-19)15-10-7-6-8-11-15/h6-11,14,16H,3-5,12-13H2,1-2H3. The molecule has 5 nitrogen and oxygen atoms in total. The summed E-state index contributed by atoms with van der Waals surface area (Å²) >= 11 is 0. The third-order valence-corrected chi connectivity index (χ3v) is 3.94. The highest BCUT2D eigenvalue weighted by molar-refractivity contribution is 6.07. The van der Waals surface area contributed by atoms with Gasteiger partial charge >= 0.3 is 5.97 Å². The maximum Gasteiger partial charge on any atom is 0.343 e. The first kappa shape index (κ1) is 18.2. The summed E-state index contributed by atoms with van der Waals surface area (Å²) in [6, 6.07) is 9.17. The average molecular weight is 332 g/mol. The molecule has 0 amide bonds. The quantitative estimate of drug-likeness (QED) is 0.395. The first-order chi connectivity index (χ1) is 11.7. The number of hydrogen-bond donors (Lipinski definition) is 0. The van der Waals surface area contributed by atoms with Crippen molar-refractivity contribution >= 4 is 11.8 Å². The van der Waals surface area contributed by atoms with Gasteiger partial charge in [-0.1, -0.05) is 43.7 Å². The molecule has 1 heterocycles. The fourth-order valence-electron chi connectivity index (χ4n) is 2.64. The second-order valence-corrected chi connectivity index (χ2v) is 5.61. The van der Waals surface area contributed by atoms with Crippen LogP contribution in [0.5, 0.6) is 0 Å². The minimum atomic E-state index is -1.29. The molecule has 2 unspecified atom stereocenters. The second kappa shape index (κ2) is 8.64. The average Bonchev–Trinajstić information content (AvgIpc) is 3.11. The molecule has 0 bridgehead atoms. The maximum absolute atomic E-state index is 13.1. The van der Waals surface area contributed by atoms with Crippen LogP contribution < -0.4 is 0 Å². The molecule has 24 heavy (non-hydrogen) atoms. The third kappa shape index (κ3) is 3.85. The molecular weight excluding hydrogens is 308 g/mol. The fourth-order valence-corrected chi connectivity index (χ4v) is 2.64. The molecule has 0 saturated heterocycles. The number of Topliss-reactive ketones (excluding diaryl/α,β-unsaturated/α-hetero) is 1. The van der Waals surface area contributed by atoms with E-state index in [1.54, 1.807) is 13.0 Å². The monoisotopic (exact) mass is 332 g/mol. The molecule has 0 aliphatic carbocycles. The van der Waals surface area contributed by atoms with Crippen LogP contribution in [0.15, 0.2) is 42.7 Å². The molecule has 5 heteroatoms. The van der Waals surface area contributed by atoms with Crippen LogP contribution in [0.2, 0.25) is 0 Å². The molecule has 2 atom stereocenters. The summed E-state index contributed by atoms with van der Waals surface area (Å²) in [6.45, 7) is 4.26. The van der Waals surface area contributed by atoms with Gasteiger partial charge in [-0.2, -0.15) is 0 Å². The Balaban J connectivity index is 2.24. The Labute approximate surface area is 142 Å². The fraction of sp³-hybridized carbons (Fsp3) is 0.474. The van der Waals surface area contributed by atoms with Crippen LogP contribution >= 0.6 is 0 Å². The van der Waals surface area contributed by atoms with Gasteiger partial charge in [0.2, 0.25) is 11.9 Å². The molecule has 0 spiro atoms. The van der Waals surface area contributed by atoms with Gasteiger partial charge in [0.25, 0.3) is 0 Å². The lowest BCUT2D eigenvalue weighted by atomic mass is 9.84. The summed E-state index contributed by atoms with van der Waals surface area (Å²) in [5.41, 5.74) is -0.531. The normalized spacial score (nSPS) is 20.4. The number of carbonyl (C=O) groups excluding carboxylic acids is 2. The third-order valence-electron chi connectivity index (χ3n) is 3.94. The highest BCUT2D eigenvalue weighted by Gasteiger charge is 2.49. The van der Waals surface area contributed by atoms with Crippen molar-refractivity contribution in [1.82, 2.24) is 0 Å². The van der Waals surface area contributed by atoms with Crippen molar-refractivity contribution in [2.45, 2.75) is 44.8 Å². The molecular formula is C19H24O5. The summed E-state index contributed by atoms with van der Waals surface area (Å²) in [5.74, 6) is -1.08. The van der Waals surface area contributed by atoms with Crippen LogP contribution in [0.1, 0.15) is 38.7 Å². The van der Waals surface area contributed by atoms with E-state index in [0.29, 0.717) is 12.0 Å². The Kier molecular flexibility index (Phi) is 6.55. The molecule has 2 rings (SSSR count). The van der Waals surface area contributed by atoms with E-state index in [-0.39, 0.29) is 13.2 Å². The molecule has 130 valence electrons. The van der Waals surface area contributed by atoms with Gasteiger partial charge in [-0.05, 0) is 19.4 Å². The van der Waals surface area contributed by atoms with Gasteiger partial charge < -0.3 is 14.2 Å². The van der Waals surface area contributed by atoms with Gasteiger partial charge in [0.05, 0.1) is 12.9 Å². The van der Waals surface area contributed by atoms with Gasteiger partial charge in [0, 0.05) is 18.6 Å². The SMILES string of the molecule is CCCCOC(=O)C(OCC)C(=O)C1(c2ccccc2)CC=CO1. The molecule has 0 radical (unpaired) electrons. The number of ether oxygens (including phenoxy) is 3. The zero-order chi connectivity index (χ0) is 17.4. The number of esters is 1. The first-order valence-electron chi connectivity index (χ1n) is 8.36. The Morgan fingerprint density at radius 2 is 2.00 bits per heavy atom. The van der Waals surface area contributed by atoms with Gasteiger partial charge in [0.1, 0.15) is 0 Å². The van der Waals surface area contributed by atoms with E-state index in [1.807, 2.05) is 37.3 Å². The van der Waals surface area contributed by atoms with Crippen molar-refractivity contribution < 1.29 is 23.8 Å². The Morgan fingerprint density at radius 3 is 2.58 bits per heavy atom. The maximum atomic E-state index is 13.1. The van der Waals surface area contributed by atoms with Gasteiger partial charge in [-0.25, -0.2) is 4.79 Å². The zero-order valence-electron chi connectivity index (χ0n) is 14.2. The van der Waals surface area contributed by atoms with Gasteiger partial charge in [-0.15, -0.1) is 0 Å². The zero-order valence-corrected chi connectivity index (χ0v) is 14.2. The molecule has 0 N–H and O–H groups in total. The lowest BCUT2D eigenvalue weighted by molar-refractivity contribution is -0.169. The number of hydrogen-bond acceptors (Lipinski definition) is 5. The molecule has 0 aromatic heterocycles. The lowest BCUT2D eigenvalue weighted by Gasteiger charge is -2.30. The van der Waals surface area contributed by atoms with E-state index in [0.717, 1.165) is 12.8 Å². The van der Waals surface area contributed by atoms with Crippen molar-refractivity contribution in [3.05, 3.63) is 48.2 Å². The Bertz CT molecular complexity index is 571. The van der Waals surface area contributed by atoms with Crippen molar-refractivity contribution in [3.8, 4) is 0 Å². The van der Waals surface area contributed by atoms with Crippen LogP contribution in [-0.4, -0.2) is 31.1 Å². The molecule has 1 aliphatic rings. The van der Waals surface area contributed by atoms with Crippen LogP contribution in [0.4, 0.5) is 0 Å². The summed E-state index contributed by atoms with van der Waals surface area (Å²) in [6.07, 6.45) is 4.00. The molecule has 0 saturated carbocycles. The summed E-state index contributed by atoms with van der Waals surface area (Å²) < 4.78 is 16.3. The second-order valence-electron chi connectivity index (χ2n) is 5.61. The van der Waals surface area contributed by atoms with Crippen LogP contribution in [0.25, 0.3) is 0 Å². The first-order valence-corrected chi connectivity index (χ1v) is 8.36. The van der Waals surface area contributed by atoms with E-state index < -0.39 is 23.5 Å². The minimum absolute atomic E-state index is 0.234. The predicted octanol–water partition coefficient (Wildman–Crippen LogP) is 3.13. The smallest absolute Gasteiger partial charge is 0.343 e. The van der Waals surface area contributed by atoms with Crippen molar-refractivity contribution in [3.63, 3.8) is 0 Å². The number of carbonyl (C=O) groups is 2. The van der Waals surface area contributed by atoms with Crippen LogP contribution in [-0.2, 0) is 29.4 Å². The number of rotatable bonds is 9. The lowest BCUT2D eigenvalue weighted by Crippen LogP contribution is -2.47. The van der Waals surface area contributed by atoms with E-state index in [9.17, 15) is 9.59 Å². The van der Waals surface area contributed by atoms with Crippen LogP contribution in [0, 0.1) is 0 Å². The van der Waals surface area contributed by atoms with E-state index in [4.69, 9.17) is 14.2 Å². The minimum Gasteiger partial charge on any atom is -0.482 e. The highest BCUT2D eigenvalue weighted by atomic mass is 16.6. The number of ketones is 1. The molecule has 0 fully saturated rings. The molecule has 1 aliphatic heterocycles. The Hall–Kier alpha value is -2.14. The van der Waals surface area contributed by atoms with Crippen molar-refractivity contribution in [1.29, 1.82) is 0 Å². The summed E-state index contributed by atoms with van der Waals surface area (Å²) in [5, 5.41) is 0.